The summed E-state index contributed by atoms with van der Waals surface area (Å²) in [6.07, 6.45) is 2.82. The summed E-state index contributed by atoms with van der Waals surface area (Å²) in [5.41, 5.74) is 0.581. The minimum atomic E-state index is -0.507. The van der Waals surface area contributed by atoms with Crippen molar-refractivity contribution in [1.82, 2.24) is 10.6 Å². The summed E-state index contributed by atoms with van der Waals surface area (Å²) < 4.78 is 13.9. The highest BCUT2D eigenvalue weighted by Crippen LogP contribution is 2.22. The molecule has 2 atom stereocenters. The van der Waals surface area contributed by atoms with Gasteiger partial charge in [0, 0.05) is 25.7 Å². The van der Waals surface area contributed by atoms with E-state index in [1.807, 2.05) is 17.9 Å². The highest BCUT2D eigenvalue weighted by Gasteiger charge is 2.23. The molecule has 1 heterocycles. The Balaban J connectivity index is 1.82. The van der Waals surface area contributed by atoms with Crippen LogP contribution in [0.5, 0.6) is 0 Å². The Kier molecular flexibility index (Phi) is 6.65. The Morgan fingerprint density at radius 2 is 2.26 bits per heavy atom. The zero-order valence-electron chi connectivity index (χ0n) is 13.6. The van der Waals surface area contributed by atoms with Crippen LogP contribution in [-0.2, 0) is 0 Å². The third kappa shape index (κ3) is 5.39. The molecular weight excluding hydrogens is 297 g/mol. The lowest BCUT2D eigenvalue weighted by Gasteiger charge is -2.35. The number of aliphatic hydroxyl groups is 1. The van der Waals surface area contributed by atoms with Gasteiger partial charge in [0.2, 0.25) is 0 Å². The topological polar surface area (TPSA) is 64.6 Å². The second-order valence-electron chi connectivity index (χ2n) is 6.03. The van der Waals surface area contributed by atoms with Crippen molar-refractivity contribution < 1.29 is 14.3 Å². The van der Waals surface area contributed by atoms with Crippen molar-refractivity contribution in [2.45, 2.75) is 44.8 Å². The number of amides is 2. The second kappa shape index (κ2) is 8.72. The van der Waals surface area contributed by atoms with E-state index in [4.69, 9.17) is 0 Å². The Hall–Kier alpha value is -1.82. The van der Waals surface area contributed by atoms with E-state index < -0.39 is 6.10 Å². The number of piperidine rings is 1. The number of carbonyl (C=O) groups excluding carboxylic acids is 1. The molecule has 0 aliphatic carbocycles. The summed E-state index contributed by atoms with van der Waals surface area (Å²) in [5.74, 6) is -0.236. The zero-order chi connectivity index (χ0) is 16.7. The van der Waals surface area contributed by atoms with Crippen LogP contribution >= 0.6 is 0 Å². The van der Waals surface area contributed by atoms with Gasteiger partial charge in [-0.1, -0.05) is 25.5 Å². The number of halogens is 1. The first-order valence-electron chi connectivity index (χ1n) is 8.32. The van der Waals surface area contributed by atoms with Gasteiger partial charge < -0.3 is 20.6 Å². The van der Waals surface area contributed by atoms with Gasteiger partial charge in [-0.25, -0.2) is 9.18 Å². The SMILES string of the molecule is CCCC(O)CNC(=O)NC1CCCN(c2ccccc2F)C1. The molecule has 1 aromatic carbocycles. The summed E-state index contributed by atoms with van der Waals surface area (Å²) in [4.78, 5) is 13.9. The molecule has 2 unspecified atom stereocenters. The van der Waals surface area contributed by atoms with Crippen molar-refractivity contribution in [2.24, 2.45) is 0 Å². The van der Waals surface area contributed by atoms with Crippen molar-refractivity contribution in [2.75, 3.05) is 24.5 Å². The van der Waals surface area contributed by atoms with Gasteiger partial charge in [0.25, 0.3) is 0 Å². The molecule has 128 valence electrons. The monoisotopic (exact) mass is 323 g/mol. The van der Waals surface area contributed by atoms with E-state index >= 15 is 0 Å². The van der Waals surface area contributed by atoms with Crippen LogP contribution in [0, 0.1) is 5.82 Å². The van der Waals surface area contributed by atoms with E-state index in [1.54, 1.807) is 12.1 Å². The molecule has 0 aromatic heterocycles. The maximum Gasteiger partial charge on any atom is 0.315 e. The van der Waals surface area contributed by atoms with Gasteiger partial charge in [0.15, 0.2) is 0 Å². The summed E-state index contributed by atoms with van der Waals surface area (Å²) in [6, 6.07) is 6.41. The van der Waals surface area contributed by atoms with Crippen LogP contribution in [0.4, 0.5) is 14.9 Å². The molecule has 23 heavy (non-hydrogen) atoms. The lowest BCUT2D eigenvalue weighted by molar-refractivity contribution is 0.159. The Morgan fingerprint density at radius 1 is 1.48 bits per heavy atom. The molecule has 0 bridgehead atoms. The first kappa shape index (κ1) is 17.5. The predicted octanol–water partition coefficient (Wildman–Crippen LogP) is 2.25. The molecule has 3 N–H and O–H groups in total. The third-order valence-corrected chi connectivity index (χ3v) is 4.07. The van der Waals surface area contributed by atoms with Gasteiger partial charge >= 0.3 is 6.03 Å². The zero-order valence-corrected chi connectivity index (χ0v) is 13.6. The lowest BCUT2D eigenvalue weighted by Crippen LogP contribution is -2.51. The first-order valence-corrected chi connectivity index (χ1v) is 8.32. The van der Waals surface area contributed by atoms with E-state index in [9.17, 15) is 14.3 Å². The van der Waals surface area contributed by atoms with Crippen molar-refractivity contribution in [3.8, 4) is 0 Å². The number of nitrogens with one attached hydrogen (secondary N) is 2. The van der Waals surface area contributed by atoms with Crippen molar-refractivity contribution in [3.05, 3.63) is 30.1 Å². The van der Waals surface area contributed by atoms with Gasteiger partial charge in [-0.2, -0.15) is 0 Å². The molecule has 1 aliphatic rings. The van der Waals surface area contributed by atoms with Crippen LogP contribution in [0.3, 0.4) is 0 Å². The third-order valence-electron chi connectivity index (χ3n) is 4.07. The highest BCUT2D eigenvalue weighted by atomic mass is 19.1. The number of aliphatic hydroxyl groups excluding tert-OH is 1. The molecule has 1 fully saturated rings. The maximum absolute atomic E-state index is 13.9. The first-order chi connectivity index (χ1) is 11.1. The van der Waals surface area contributed by atoms with E-state index in [-0.39, 0.29) is 24.4 Å². The Labute approximate surface area is 136 Å². The van der Waals surface area contributed by atoms with Crippen molar-refractivity contribution in [1.29, 1.82) is 0 Å². The number of hydrogen-bond donors (Lipinski definition) is 3. The summed E-state index contributed by atoms with van der Waals surface area (Å²) in [6.45, 7) is 3.62. The van der Waals surface area contributed by atoms with Crippen LogP contribution in [0.2, 0.25) is 0 Å². The number of benzene rings is 1. The Morgan fingerprint density at radius 3 is 3.00 bits per heavy atom. The predicted molar refractivity (Wildman–Crippen MR) is 89.1 cm³/mol. The molecule has 0 spiro atoms. The standard InChI is InChI=1S/C17H26FN3O2/c1-2-6-14(22)11-19-17(23)20-13-7-5-10-21(12-13)16-9-4-3-8-15(16)18/h3-4,8-9,13-14,22H,2,5-7,10-12H2,1H3,(H2,19,20,23). The number of urea groups is 1. The molecule has 1 aromatic rings. The largest absolute Gasteiger partial charge is 0.391 e. The van der Waals surface area contributed by atoms with Gasteiger partial charge in [0.1, 0.15) is 5.82 Å². The van der Waals surface area contributed by atoms with Crippen molar-refractivity contribution >= 4 is 11.7 Å². The van der Waals surface area contributed by atoms with Crippen molar-refractivity contribution in [3.63, 3.8) is 0 Å². The maximum atomic E-state index is 13.9. The smallest absolute Gasteiger partial charge is 0.315 e. The molecule has 1 aliphatic heterocycles. The van der Waals surface area contributed by atoms with Crippen LogP contribution in [0.15, 0.2) is 24.3 Å². The highest BCUT2D eigenvalue weighted by molar-refractivity contribution is 5.74. The number of nitrogens with zero attached hydrogens (tertiary/aromatic N) is 1. The minimum Gasteiger partial charge on any atom is -0.391 e. The van der Waals surface area contributed by atoms with E-state index in [0.717, 1.165) is 25.8 Å². The fourth-order valence-electron chi connectivity index (χ4n) is 2.90. The molecule has 0 radical (unpaired) electrons. The van der Waals surface area contributed by atoms with Crippen LogP contribution in [0.1, 0.15) is 32.6 Å². The average Bonchev–Trinajstić information content (AvgIpc) is 2.54. The second-order valence-corrected chi connectivity index (χ2v) is 6.03. The normalized spacial score (nSPS) is 19.3. The molecule has 2 rings (SSSR count). The van der Waals surface area contributed by atoms with Crippen LogP contribution in [-0.4, -0.2) is 42.9 Å². The van der Waals surface area contributed by atoms with E-state index in [1.165, 1.54) is 6.07 Å². The molecule has 0 saturated carbocycles. The molecule has 6 heteroatoms. The molecule has 2 amide bonds. The number of carbonyl (C=O) groups is 1. The van der Waals surface area contributed by atoms with E-state index in [2.05, 4.69) is 10.6 Å². The van der Waals surface area contributed by atoms with E-state index in [0.29, 0.717) is 18.7 Å². The fourth-order valence-corrected chi connectivity index (χ4v) is 2.90. The summed E-state index contributed by atoms with van der Waals surface area (Å²) in [5, 5.41) is 15.2. The average molecular weight is 323 g/mol. The quantitative estimate of drug-likeness (QED) is 0.752. The fraction of sp³-hybridized carbons (Fsp3) is 0.588. The number of hydrogen-bond acceptors (Lipinski definition) is 3. The van der Waals surface area contributed by atoms with Gasteiger partial charge in [-0.3, -0.25) is 0 Å². The lowest BCUT2D eigenvalue weighted by atomic mass is 10.0. The summed E-state index contributed by atoms with van der Waals surface area (Å²) in [7, 11) is 0. The van der Waals surface area contributed by atoms with Crippen LogP contribution in [0.25, 0.3) is 0 Å². The number of anilines is 1. The summed E-state index contributed by atoms with van der Waals surface area (Å²) >= 11 is 0. The number of rotatable bonds is 6. The van der Waals surface area contributed by atoms with Gasteiger partial charge in [-0.05, 0) is 31.4 Å². The van der Waals surface area contributed by atoms with Gasteiger partial charge in [-0.15, -0.1) is 0 Å². The number of para-hydroxylation sites is 1. The molecule has 5 nitrogen and oxygen atoms in total. The van der Waals surface area contributed by atoms with Gasteiger partial charge in [0.05, 0.1) is 11.8 Å². The minimum absolute atomic E-state index is 0.0216. The molecule has 1 saturated heterocycles. The molecular formula is C17H26FN3O2. The Bertz CT molecular complexity index is 512. The van der Waals surface area contributed by atoms with Crippen LogP contribution < -0.4 is 15.5 Å².